The van der Waals surface area contributed by atoms with Gasteiger partial charge in [0, 0.05) is 6.04 Å². The fourth-order valence-corrected chi connectivity index (χ4v) is 3.00. The molecule has 0 saturated heterocycles. The first kappa shape index (κ1) is 13.1. The molecule has 1 saturated carbocycles. The third-order valence-corrected chi connectivity index (χ3v) is 4.16. The van der Waals surface area contributed by atoms with E-state index in [1.165, 1.54) is 32.1 Å². The van der Waals surface area contributed by atoms with Gasteiger partial charge in [0.15, 0.2) is 0 Å². The van der Waals surface area contributed by atoms with Crippen LogP contribution in [0.4, 0.5) is 5.95 Å². The molecular weight excluding hydrogens is 250 g/mol. The van der Waals surface area contributed by atoms with Crippen LogP contribution in [0, 0.1) is 5.92 Å². The molecular formula is C15H21N5. The molecule has 1 heterocycles. The Balaban J connectivity index is 1.74. The van der Waals surface area contributed by atoms with Gasteiger partial charge < -0.3 is 5.32 Å². The lowest BCUT2D eigenvalue weighted by Gasteiger charge is -2.29. The van der Waals surface area contributed by atoms with Crippen molar-refractivity contribution in [1.82, 2.24) is 20.2 Å². The van der Waals surface area contributed by atoms with Crippen LogP contribution >= 0.6 is 0 Å². The van der Waals surface area contributed by atoms with E-state index in [0.717, 1.165) is 17.6 Å². The highest BCUT2D eigenvalue weighted by Gasteiger charge is 2.22. The summed E-state index contributed by atoms with van der Waals surface area (Å²) in [5, 5.41) is 15.5. The van der Waals surface area contributed by atoms with Crippen LogP contribution in [0.15, 0.2) is 30.3 Å². The zero-order valence-electron chi connectivity index (χ0n) is 11.9. The van der Waals surface area contributed by atoms with Crippen molar-refractivity contribution in [3.8, 4) is 5.69 Å². The van der Waals surface area contributed by atoms with Crippen LogP contribution in [0.1, 0.15) is 39.0 Å². The van der Waals surface area contributed by atoms with Crippen molar-refractivity contribution < 1.29 is 0 Å². The highest BCUT2D eigenvalue weighted by Crippen LogP contribution is 2.28. The summed E-state index contributed by atoms with van der Waals surface area (Å²) < 4.78 is 1.77. The minimum Gasteiger partial charge on any atom is -0.350 e. The van der Waals surface area contributed by atoms with Crippen LogP contribution < -0.4 is 5.32 Å². The molecule has 1 aromatic heterocycles. The molecule has 20 heavy (non-hydrogen) atoms. The number of aromatic nitrogens is 4. The van der Waals surface area contributed by atoms with E-state index in [-0.39, 0.29) is 0 Å². The predicted molar refractivity (Wildman–Crippen MR) is 78.8 cm³/mol. The number of rotatable bonds is 4. The molecule has 2 aromatic rings. The Morgan fingerprint density at radius 1 is 1.25 bits per heavy atom. The topological polar surface area (TPSA) is 55.6 Å². The van der Waals surface area contributed by atoms with Gasteiger partial charge in [0.25, 0.3) is 0 Å². The highest BCUT2D eigenvalue weighted by molar-refractivity contribution is 5.38. The predicted octanol–water partition coefficient (Wildman–Crippen LogP) is 3.04. The molecule has 3 rings (SSSR count). The molecule has 1 aliphatic rings. The summed E-state index contributed by atoms with van der Waals surface area (Å²) in [6, 6.07) is 10.5. The van der Waals surface area contributed by atoms with Crippen molar-refractivity contribution in [3.05, 3.63) is 30.3 Å². The van der Waals surface area contributed by atoms with Gasteiger partial charge in [-0.15, -0.1) is 0 Å². The highest BCUT2D eigenvalue weighted by atomic mass is 15.6. The lowest BCUT2D eigenvalue weighted by Crippen LogP contribution is -2.28. The Kier molecular flexibility index (Phi) is 3.95. The first-order valence-electron chi connectivity index (χ1n) is 7.47. The van der Waals surface area contributed by atoms with Crippen LogP contribution in [-0.4, -0.2) is 26.2 Å². The Morgan fingerprint density at radius 3 is 2.90 bits per heavy atom. The molecule has 0 amide bonds. The average Bonchev–Trinajstić information content (AvgIpc) is 2.96. The van der Waals surface area contributed by atoms with Gasteiger partial charge in [-0.2, -0.15) is 4.68 Å². The molecule has 1 N–H and O–H groups in total. The van der Waals surface area contributed by atoms with Crippen LogP contribution in [0.3, 0.4) is 0 Å². The molecule has 0 aliphatic heterocycles. The maximum Gasteiger partial charge on any atom is 0.247 e. The van der Waals surface area contributed by atoms with E-state index >= 15 is 0 Å². The summed E-state index contributed by atoms with van der Waals surface area (Å²) in [4.78, 5) is 0. The van der Waals surface area contributed by atoms with Crippen molar-refractivity contribution in [2.45, 2.75) is 45.1 Å². The number of benzene rings is 1. The second kappa shape index (κ2) is 6.03. The fourth-order valence-electron chi connectivity index (χ4n) is 3.00. The van der Waals surface area contributed by atoms with Gasteiger partial charge in [-0.3, -0.25) is 0 Å². The largest absolute Gasteiger partial charge is 0.350 e. The lowest BCUT2D eigenvalue weighted by atomic mass is 9.84. The molecule has 106 valence electrons. The maximum absolute atomic E-state index is 4.13. The van der Waals surface area contributed by atoms with Crippen LogP contribution in [0.25, 0.3) is 5.69 Å². The van der Waals surface area contributed by atoms with Gasteiger partial charge in [0.05, 0.1) is 5.69 Å². The fraction of sp³-hybridized carbons (Fsp3) is 0.533. The molecule has 2 unspecified atom stereocenters. The number of nitrogens with one attached hydrogen (secondary N) is 1. The first-order valence-corrected chi connectivity index (χ1v) is 7.47. The molecule has 0 radical (unpaired) electrons. The molecule has 1 aliphatic carbocycles. The van der Waals surface area contributed by atoms with Gasteiger partial charge in [0.1, 0.15) is 0 Å². The smallest absolute Gasteiger partial charge is 0.247 e. The number of anilines is 1. The minimum absolute atomic E-state index is 0.488. The standard InChI is InChI=1S/C15H21N5/c1-2-12-7-6-8-13(11-12)16-15-17-18-19-20(15)14-9-4-3-5-10-14/h3-5,9-10,12-13H,2,6-8,11H2,1H3,(H,16,17,19). The van der Waals surface area contributed by atoms with E-state index in [4.69, 9.17) is 0 Å². The van der Waals surface area contributed by atoms with E-state index in [1.54, 1.807) is 4.68 Å². The van der Waals surface area contributed by atoms with Crippen molar-refractivity contribution in [2.75, 3.05) is 5.32 Å². The molecule has 5 nitrogen and oxygen atoms in total. The van der Waals surface area contributed by atoms with Gasteiger partial charge >= 0.3 is 0 Å². The SMILES string of the molecule is CCC1CCCC(Nc2nnnn2-c2ccccc2)C1. The van der Waals surface area contributed by atoms with Gasteiger partial charge in [-0.05, 0) is 41.3 Å². The molecule has 1 fully saturated rings. The third-order valence-electron chi connectivity index (χ3n) is 4.16. The number of tetrazole rings is 1. The zero-order chi connectivity index (χ0) is 13.8. The van der Waals surface area contributed by atoms with Gasteiger partial charge in [-0.1, -0.05) is 49.5 Å². The summed E-state index contributed by atoms with van der Waals surface area (Å²) in [5.74, 6) is 1.58. The summed E-state index contributed by atoms with van der Waals surface area (Å²) in [7, 11) is 0. The van der Waals surface area contributed by atoms with Gasteiger partial charge in [-0.25, -0.2) is 0 Å². The Hall–Kier alpha value is -1.91. The van der Waals surface area contributed by atoms with Gasteiger partial charge in [0.2, 0.25) is 5.95 Å². The lowest BCUT2D eigenvalue weighted by molar-refractivity contribution is 0.326. The Morgan fingerprint density at radius 2 is 2.10 bits per heavy atom. The molecule has 0 bridgehead atoms. The zero-order valence-corrected chi connectivity index (χ0v) is 11.9. The summed E-state index contributed by atoms with van der Waals surface area (Å²) in [6.07, 6.45) is 6.35. The number of para-hydroxylation sites is 1. The summed E-state index contributed by atoms with van der Waals surface area (Å²) in [6.45, 7) is 2.28. The Labute approximate surface area is 119 Å². The normalized spacial score (nSPS) is 22.6. The van der Waals surface area contributed by atoms with Crippen LogP contribution in [-0.2, 0) is 0 Å². The number of hydrogen-bond acceptors (Lipinski definition) is 4. The van der Waals surface area contributed by atoms with Crippen molar-refractivity contribution in [1.29, 1.82) is 0 Å². The average molecular weight is 271 g/mol. The minimum atomic E-state index is 0.488. The summed E-state index contributed by atoms with van der Waals surface area (Å²) in [5.41, 5.74) is 0.989. The number of hydrogen-bond donors (Lipinski definition) is 1. The van der Waals surface area contributed by atoms with Crippen molar-refractivity contribution >= 4 is 5.95 Å². The second-order valence-electron chi connectivity index (χ2n) is 5.53. The molecule has 2 atom stereocenters. The van der Waals surface area contributed by atoms with Crippen LogP contribution in [0.5, 0.6) is 0 Å². The van der Waals surface area contributed by atoms with Crippen molar-refractivity contribution in [3.63, 3.8) is 0 Å². The third kappa shape index (κ3) is 2.81. The first-order chi connectivity index (χ1) is 9.86. The summed E-state index contributed by atoms with van der Waals surface area (Å²) >= 11 is 0. The monoisotopic (exact) mass is 271 g/mol. The second-order valence-corrected chi connectivity index (χ2v) is 5.53. The molecule has 1 aromatic carbocycles. The van der Waals surface area contributed by atoms with E-state index in [2.05, 4.69) is 27.8 Å². The van der Waals surface area contributed by atoms with E-state index in [9.17, 15) is 0 Å². The van der Waals surface area contributed by atoms with E-state index in [0.29, 0.717) is 6.04 Å². The van der Waals surface area contributed by atoms with Crippen molar-refractivity contribution in [2.24, 2.45) is 5.92 Å². The molecule has 5 heteroatoms. The van der Waals surface area contributed by atoms with Crippen LogP contribution in [0.2, 0.25) is 0 Å². The van der Waals surface area contributed by atoms with E-state index < -0.39 is 0 Å². The molecule has 0 spiro atoms. The Bertz CT molecular complexity index is 536. The number of nitrogens with zero attached hydrogens (tertiary/aromatic N) is 4. The maximum atomic E-state index is 4.13. The van der Waals surface area contributed by atoms with E-state index in [1.807, 2.05) is 30.3 Å². The quantitative estimate of drug-likeness (QED) is 0.928.